The molecule has 1 aliphatic rings. The van der Waals surface area contributed by atoms with Crippen molar-refractivity contribution in [3.05, 3.63) is 71.4 Å². The van der Waals surface area contributed by atoms with Gasteiger partial charge in [-0.1, -0.05) is 29.4 Å². The number of hydrogen-bond donors (Lipinski definition) is 0. The largest absolute Gasteiger partial charge is 0.497 e. The Morgan fingerprint density at radius 3 is 2.83 bits per heavy atom. The van der Waals surface area contributed by atoms with E-state index in [0.29, 0.717) is 18.3 Å². The molecule has 0 bridgehead atoms. The summed E-state index contributed by atoms with van der Waals surface area (Å²) in [5, 5.41) is 4.05. The quantitative estimate of drug-likeness (QED) is 0.716. The van der Waals surface area contributed by atoms with Crippen LogP contribution in [0.1, 0.15) is 35.2 Å². The molecule has 1 atom stereocenters. The van der Waals surface area contributed by atoms with Gasteiger partial charge in [0.25, 0.3) is 0 Å². The first-order chi connectivity index (χ1) is 11.8. The van der Waals surface area contributed by atoms with Gasteiger partial charge in [0, 0.05) is 0 Å². The Balaban J connectivity index is 1.50. The van der Waals surface area contributed by atoms with Crippen molar-refractivity contribution in [1.29, 1.82) is 0 Å². The predicted molar refractivity (Wildman–Crippen MR) is 88.2 cm³/mol. The summed E-state index contributed by atoms with van der Waals surface area (Å²) in [5.74, 6) is 2.99. The number of hydrogen-bond acceptors (Lipinski definition) is 5. The number of benzene rings is 2. The molecule has 1 aliphatic carbocycles. The molecule has 0 radical (unpaired) electrons. The van der Waals surface area contributed by atoms with E-state index in [4.69, 9.17) is 14.0 Å². The fraction of sp³-hybridized carbons (Fsp3) is 0.263. The summed E-state index contributed by atoms with van der Waals surface area (Å²) in [4.78, 5) is 4.52. The van der Waals surface area contributed by atoms with Crippen molar-refractivity contribution < 1.29 is 14.0 Å². The molecule has 0 fully saturated rings. The Labute approximate surface area is 140 Å². The summed E-state index contributed by atoms with van der Waals surface area (Å²) in [7, 11) is 1.68. The SMILES string of the molecule is COc1ccc2c(c1)C(c1nc(COc3ccccc3)no1)CC2. The number of aryl methyl sites for hydroxylation is 1. The molecular weight excluding hydrogens is 304 g/mol. The van der Waals surface area contributed by atoms with Gasteiger partial charge >= 0.3 is 0 Å². The molecule has 0 N–H and O–H groups in total. The molecule has 2 aromatic carbocycles. The first-order valence-corrected chi connectivity index (χ1v) is 8.00. The molecule has 1 heterocycles. The van der Waals surface area contributed by atoms with E-state index in [1.165, 1.54) is 11.1 Å². The Kier molecular flexibility index (Phi) is 3.91. The van der Waals surface area contributed by atoms with E-state index in [9.17, 15) is 0 Å². The van der Waals surface area contributed by atoms with Crippen LogP contribution in [-0.4, -0.2) is 17.3 Å². The highest BCUT2D eigenvalue weighted by Gasteiger charge is 2.29. The second kappa shape index (κ2) is 6.35. The van der Waals surface area contributed by atoms with Crippen LogP contribution in [0.25, 0.3) is 0 Å². The molecule has 1 unspecified atom stereocenters. The van der Waals surface area contributed by atoms with Crippen LogP contribution in [0, 0.1) is 0 Å². The van der Waals surface area contributed by atoms with Crippen molar-refractivity contribution in [3.63, 3.8) is 0 Å². The zero-order valence-electron chi connectivity index (χ0n) is 13.4. The van der Waals surface area contributed by atoms with Gasteiger partial charge in [-0.2, -0.15) is 4.98 Å². The molecule has 5 nitrogen and oxygen atoms in total. The lowest BCUT2D eigenvalue weighted by Crippen LogP contribution is -2.00. The lowest BCUT2D eigenvalue weighted by molar-refractivity contribution is 0.284. The minimum atomic E-state index is 0.132. The summed E-state index contributed by atoms with van der Waals surface area (Å²) in [5.41, 5.74) is 2.54. The molecule has 0 spiro atoms. The Bertz CT molecular complexity index is 830. The fourth-order valence-electron chi connectivity index (χ4n) is 3.10. The van der Waals surface area contributed by atoms with Gasteiger partial charge < -0.3 is 14.0 Å². The van der Waals surface area contributed by atoms with Crippen molar-refractivity contribution in [3.8, 4) is 11.5 Å². The van der Waals surface area contributed by atoms with Crippen LogP contribution in [-0.2, 0) is 13.0 Å². The number of para-hydroxylation sites is 1. The van der Waals surface area contributed by atoms with Gasteiger partial charge in [0.15, 0.2) is 6.61 Å². The topological polar surface area (TPSA) is 57.4 Å². The number of aromatic nitrogens is 2. The smallest absolute Gasteiger partial charge is 0.234 e. The Morgan fingerprint density at radius 2 is 2.00 bits per heavy atom. The number of methoxy groups -OCH3 is 1. The van der Waals surface area contributed by atoms with E-state index in [1.54, 1.807) is 7.11 Å². The maximum atomic E-state index is 5.67. The highest BCUT2D eigenvalue weighted by Crippen LogP contribution is 2.39. The number of nitrogens with zero attached hydrogens (tertiary/aromatic N) is 2. The molecule has 5 heteroatoms. The normalized spacial score (nSPS) is 16.0. The monoisotopic (exact) mass is 322 g/mol. The van der Waals surface area contributed by atoms with Crippen molar-refractivity contribution in [2.75, 3.05) is 7.11 Å². The molecule has 0 saturated heterocycles. The standard InChI is InChI=1S/C19H18N2O3/c1-22-15-9-7-13-8-10-16(17(13)11-15)19-20-18(21-24-19)12-23-14-5-3-2-4-6-14/h2-7,9,11,16H,8,10,12H2,1H3. The third-order valence-electron chi connectivity index (χ3n) is 4.32. The zero-order chi connectivity index (χ0) is 16.4. The molecular formula is C19H18N2O3. The molecule has 24 heavy (non-hydrogen) atoms. The predicted octanol–water partition coefficient (Wildman–Crippen LogP) is 3.74. The van der Waals surface area contributed by atoms with Gasteiger partial charge in [-0.25, -0.2) is 0 Å². The second-order valence-corrected chi connectivity index (χ2v) is 5.81. The summed E-state index contributed by atoms with van der Waals surface area (Å²) in [6, 6.07) is 15.8. The third-order valence-corrected chi connectivity index (χ3v) is 4.32. The highest BCUT2D eigenvalue weighted by atomic mass is 16.5. The van der Waals surface area contributed by atoms with Crippen molar-refractivity contribution >= 4 is 0 Å². The van der Waals surface area contributed by atoms with Crippen LogP contribution in [0.2, 0.25) is 0 Å². The molecule has 122 valence electrons. The second-order valence-electron chi connectivity index (χ2n) is 5.81. The first kappa shape index (κ1) is 14.8. The fourth-order valence-corrected chi connectivity index (χ4v) is 3.10. The van der Waals surface area contributed by atoms with Crippen LogP contribution in [0.4, 0.5) is 0 Å². The van der Waals surface area contributed by atoms with Crippen molar-refractivity contribution in [2.24, 2.45) is 0 Å². The molecule has 0 saturated carbocycles. The van der Waals surface area contributed by atoms with Gasteiger partial charge in [0.2, 0.25) is 11.7 Å². The van der Waals surface area contributed by atoms with Gasteiger partial charge in [-0.05, 0) is 48.2 Å². The Hall–Kier alpha value is -2.82. The van der Waals surface area contributed by atoms with Gasteiger partial charge in [0.05, 0.1) is 13.0 Å². The first-order valence-electron chi connectivity index (χ1n) is 8.00. The van der Waals surface area contributed by atoms with Gasteiger partial charge in [-0.3, -0.25) is 0 Å². The molecule has 4 rings (SSSR count). The van der Waals surface area contributed by atoms with E-state index < -0.39 is 0 Å². The van der Waals surface area contributed by atoms with Gasteiger partial charge in [0.1, 0.15) is 11.5 Å². The van der Waals surface area contributed by atoms with Gasteiger partial charge in [-0.15, -0.1) is 0 Å². The van der Waals surface area contributed by atoms with Crippen molar-refractivity contribution in [1.82, 2.24) is 10.1 Å². The number of ether oxygens (including phenoxy) is 2. The molecule has 1 aromatic heterocycles. The van der Waals surface area contributed by atoms with Crippen LogP contribution in [0.15, 0.2) is 53.1 Å². The van der Waals surface area contributed by atoms with Crippen LogP contribution >= 0.6 is 0 Å². The van der Waals surface area contributed by atoms with Crippen LogP contribution in [0.5, 0.6) is 11.5 Å². The highest BCUT2D eigenvalue weighted by molar-refractivity contribution is 5.43. The summed E-state index contributed by atoms with van der Waals surface area (Å²) >= 11 is 0. The van der Waals surface area contributed by atoms with Crippen LogP contribution < -0.4 is 9.47 Å². The zero-order valence-corrected chi connectivity index (χ0v) is 13.4. The lowest BCUT2D eigenvalue weighted by atomic mass is 10.0. The average molecular weight is 322 g/mol. The maximum Gasteiger partial charge on any atom is 0.234 e. The third kappa shape index (κ3) is 2.85. The average Bonchev–Trinajstić information content (AvgIpc) is 3.26. The summed E-state index contributed by atoms with van der Waals surface area (Å²) < 4.78 is 16.5. The van der Waals surface area contributed by atoms with E-state index in [-0.39, 0.29) is 5.92 Å². The van der Waals surface area contributed by atoms with Crippen molar-refractivity contribution in [2.45, 2.75) is 25.4 Å². The maximum absolute atomic E-state index is 5.67. The molecule has 3 aromatic rings. The van der Waals surface area contributed by atoms with E-state index in [0.717, 1.165) is 24.3 Å². The number of rotatable bonds is 5. The summed E-state index contributed by atoms with van der Waals surface area (Å²) in [6.45, 7) is 0.297. The number of fused-ring (bicyclic) bond motifs is 1. The van der Waals surface area contributed by atoms with Crippen LogP contribution in [0.3, 0.4) is 0 Å². The van der Waals surface area contributed by atoms with E-state index in [2.05, 4.69) is 22.3 Å². The summed E-state index contributed by atoms with van der Waals surface area (Å²) in [6.07, 6.45) is 1.99. The molecule has 0 aliphatic heterocycles. The molecule has 0 amide bonds. The Morgan fingerprint density at radius 1 is 1.12 bits per heavy atom. The van der Waals surface area contributed by atoms with E-state index in [1.807, 2.05) is 36.4 Å². The minimum Gasteiger partial charge on any atom is -0.497 e. The lowest BCUT2D eigenvalue weighted by Gasteiger charge is -2.08. The van der Waals surface area contributed by atoms with E-state index >= 15 is 0 Å². The minimum absolute atomic E-state index is 0.132.